The summed E-state index contributed by atoms with van der Waals surface area (Å²) in [5.74, 6) is 0.489. The van der Waals surface area contributed by atoms with Crippen molar-refractivity contribution in [2.45, 2.75) is 13.0 Å². The van der Waals surface area contributed by atoms with Gasteiger partial charge in [-0.05, 0) is 23.6 Å². The van der Waals surface area contributed by atoms with Crippen LogP contribution < -0.4 is 10.9 Å². The third kappa shape index (κ3) is 3.92. The van der Waals surface area contributed by atoms with Gasteiger partial charge in [-0.2, -0.15) is 5.10 Å². The zero-order chi connectivity index (χ0) is 16.1. The van der Waals surface area contributed by atoms with E-state index in [0.717, 1.165) is 4.88 Å². The summed E-state index contributed by atoms with van der Waals surface area (Å²) in [6.45, 7) is 0.657. The standard InChI is InChI=1S/C15H15N5O2S/c21-14(11-12-3-1-10-23-12)16-7-9-20-15(22)5-4-13(18-20)19-8-2-6-17-19/h1-6,8,10H,7,9,11H2,(H,16,21). The Morgan fingerprint density at radius 1 is 1.26 bits per heavy atom. The van der Waals surface area contributed by atoms with Crippen LogP contribution in [-0.4, -0.2) is 32.0 Å². The van der Waals surface area contributed by atoms with Gasteiger partial charge in [0.25, 0.3) is 5.56 Å². The Morgan fingerprint density at radius 2 is 2.17 bits per heavy atom. The van der Waals surface area contributed by atoms with Crippen molar-refractivity contribution in [3.8, 4) is 5.82 Å². The topological polar surface area (TPSA) is 81.8 Å². The van der Waals surface area contributed by atoms with E-state index in [-0.39, 0.29) is 11.5 Å². The third-order valence-corrected chi connectivity index (χ3v) is 4.03. The van der Waals surface area contributed by atoms with Crippen molar-refractivity contribution in [2.24, 2.45) is 0 Å². The highest BCUT2D eigenvalue weighted by atomic mass is 32.1. The molecule has 3 heterocycles. The molecule has 0 aliphatic carbocycles. The molecule has 0 saturated carbocycles. The SMILES string of the molecule is O=C(Cc1cccs1)NCCn1nc(-n2cccn2)ccc1=O. The van der Waals surface area contributed by atoms with E-state index in [2.05, 4.69) is 15.5 Å². The summed E-state index contributed by atoms with van der Waals surface area (Å²) in [7, 11) is 0. The predicted octanol–water partition coefficient (Wildman–Crippen LogP) is 0.849. The fraction of sp³-hybridized carbons (Fsp3) is 0.200. The lowest BCUT2D eigenvalue weighted by molar-refractivity contribution is -0.120. The van der Waals surface area contributed by atoms with Crippen molar-refractivity contribution in [2.75, 3.05) is 6.54 Å². The molecule has 0 unspecified atom stereocenters. The van der Waals surface area contributed by atoms with Crippen molar-refractivity contribution in [1.29, 1.82) is 0 Å². The molecule has 118 valence electrons. The van der Waals surface area contributed by atoms with Crippen LogP contribution in [0.25, 0.3) is 5.82 Å². The van der Waals surface area contributed by atoms with Gasteiger partial charge in [-0.25, -0.2) is 9.36 Å². The first-order valence-corrected chi connectivity index (χ1v) is 7.97. The number of rotatable bonds is 6. The van der Waals surface area contributed by atoms with Crippen molar-refractivity contribution in [3.05, 3.63) is 63.3 Å². The molecule has 3 aromatic rings. The highest BCUT2D eigenvalue weighted by Gasteiger charge is 2.06. The number of nitrogens with one attached hydrogen (secondary N) is 1. The summed E-state index contributed by atoms with van der Waals surface area (Å²) in [4.78, 5) is 24.7. The maximum atomic E-state index is 11.8. The lowest BCUT2D eigenvalue weighted by Gasteiger charge is -2.08. The van der Waals surface area contributed by atoms with E-state index >= 15 is 0 Å². The fourth-order valence-electron chi connectivity index (χ4n) is 2.06. The van der Waals surface area contributed by atoms with E-state index in [9.17, 15) is 9.59 Å². The van der Waals surface area contributed by atoms with Gasteiger partial charge >= 0.3 is 0 Å². The number of nitrogens with zero attached hydrogens (tertiary/aromatic N) is 4. The van der Waals surface area contributed by atoms with E-state index < -0.39 is 0 Å². The normalized spacial score (nSPS) is 10.6. The van der Waals surface area contributed by atoms with Gasteiger partial charge in [0.05, 0.1) is 13.0 Å². The van der Waals surface area contributed by atoms with Crippen LogP contribution in [0.3, 0.4) is 0 Å². The average molecular weight is 329 g/mol. The summed E-state index contributed by atoms with van der Waals surface area (Å²) >= 11 is 1.55. The first-order valence-electron chi connectivity index (χ1n) is 7.09. The quantitative estimate of drug-likeness (QED) is 0.727. The minimum atomic E-state index is -0.214. The van der Waals surface area contributed by atoms with Crippen LogP contribution in [0.4, 0.5) is 0 Å². The summed E-state index contributed by atoms with van der Waals surface area (Å²) in [5.41, 5.74) is -0.214. The highest BCUT2D eigenvalue weighted by molar-refractivity contribution is 7.10. The minimum absolute atomic E-state index is 0.0660. The van der Waals surface area contributed by atoms with Crippen LogP contribution in [0.2, 0.25) is 0 Å². The van der Waals surface area contributed by atoms with E-state index in [1.165, 1.54) is 10.7 Å². The van der Waals surface area contributed by atoms with Gasteiger partial charge in [0, 0.05) is 29.9 Å². The molecule has 0 atom stereocenters. The number of thiophene rings is 1. The number of hydrogen-bond acceptors (Lipinski definition) is 5. The molecular formula is C15H15N5O2S. The Morgan fingerprint density at radius 3 is 2.91 bits per heavy atom. The second kappa shape index (κ2) is 7.01. The van der Waals surface area contributed by atoms with Gasteiger partial charge in [-0.15, -0.1) is 16.4 Å². The molecule has 3 rings (SSSR count). The van der Waals surface area contributed by atoms with E-state index in [1.807, 2.05) is 17.5 Å². The Hall–Kier alpha value is -2.74. The Labute approximate surface area is 136 Å². The molecule has 0 bridgehead atoms. The Balaban J connectivity index is 1.58. The van der Waals surface area contributed by atoms with Gasteiger partial charge in [0.2, 0.25) is 5.91 Å². The number of carbonyl (C=O) groups excluding carboxylic acids is 1. The molecule has 1 N–H and O–H groups in total. The fourth-order valence-corrected chi connectivity index (χ4v) is 2.76. The molecule has 8 heteroatoms. The maximum absolute atomic E-state index is 11.8. The molecule has 23 heavy (non-hydrogen) atoms. The van der Waals surface area contributed by atoms with Crippen molar-refractivity contribution < 1.29 is 4.79 Å². The minimum Gasteiger partial charge on any atom is -0.354 e. The van der Waals surface area contributed by atoms with Crippen molar-refractivity contribution in [1.82, 2.24) is 24.9 Å². The summed E-state index contributed by atoms with van der Waals surface area (Å²) in [6, 6.07) is 8.67. The van der Waals surface area contributed by atoms with E-state index in [1.54, 1.807) is 40.5 Å². The second-order valence-electron chi connectivity index (χ2n) is 4.81. The summed E-state index contributed by atoms with van der Waals surface area (Å²) < 4.78 is 2.90. The summed E-state index contributed by atoms with van der Waals surface area (Å²) in [6.07, 6.45) is 3.75. The van der Waals surface area contributed by atoms with Crippen LogP contribution in [0, 0.1) is 0 Å². The zero-order valence-corrected chi connectivity index (χ0v) is 13.1. The van der Waals surface area contributed by atoms with Crippen LogP contribution in [0.15, 0.2) is 52.9 Å². The number of carbonyl (C=O) groups is 1. The first kappa shape index (κ1) is 15.2. The molecule has 0 radical (unpaired) electrons. The van der Waals surface area contributed by atoms with E-state index in [4.69, 9.17) is 0 Å². The average Bonchev–Trinajstić information content (AvgIpc) is 3.22. The molecule has 0 fully saturated rings. The molecule has 0 spiro atoms. The predicted molar refractivity (Wildman–Crippen MR) is 86.7 cm³/mol. The molecule has 0 aromatic carbocycles. The van der Waals surface area contributed by atoms with Gasteiger partial charge in [-0.3, -0.25) is 9.59 Å². The van der Waals surface area contributed by atoms with Crippen molar-refractivity contribution >= 4 is 17.2 Å². The molecule has 0 saturated heterocycles. The number of amides is 1. The van der Waals surface area contributed by atoms with E-state index in [0.29, 0.717) is 25.3 Å². The van der Waals surface area contributed by atoms with Gasteiger partial charge in [0.15, 0.2) is 5.82 Å². The molecule has 0 aliphatic heterocycles. The highest BCUT2D eigenvalue weighted by Crippen LogP contribution is 2.08. The van der Waals surface area contributed by atoms with Crippen LogP contribution >= 0.6 is 11.3 Å². The monoisotopic (exact) mass is 329 g/mol. The number of hydrogen-bond donors (Lipinski definition) is 1. The molecular weight excluding hydrogens is 314 g/mol. The first-order chi connectivity index (χ1) is 11.2. The molecule has 3 aromatic heterocycles. The van der Waals surface area contributed by atoms with Crippen LogP contribution in [0.5, 0.6) is 0 Å². The summed E-state index contributed by atoms with van der Waals surface area (Å²) in [5, 5.41) is 13.1. The van der Waals surface area contributed by atoms with Crippen molar-refractivity contribution in [3.63, 3.8) is 0 Å². The Bertz CT molecular complexity index is 824. The van der Waals surface area contributed by atoms with Gasteiger partial charge in [0.1, 0.15) is 0 Å². The van der Waals surface area contributed by atoms with Crippen LogP contribution in [-0.2, 0) is 17.8 Å². The maximum Gasteiger partial charge on any atom is 0.266 e. The largest absolute Gasteiger partial charge is 0.354 e. The van der Waals surface area contributed by atoms with Gasteiger partial charge < -0.3 is 5.32 Å². The molecule has 7 nitrogen and oxygen atoms in total. The second-order valence-corrected chi connectivity index (χ2v) is 5.84. The molecule has 0 aliphatic rings. The smallest absolute Gasteiger partial charge is 0.266 e. The number of aromatic nitrogens is 4. The van der Waals surface area contributed by atoms with Gasteiger partial charge in [-0.1, -0.05) is 6.07 Å². The zero-order valence-electron chi connectivity index (χ0n) is 12.3. The van der Waals surface area contributed by atoms with Crippen LogP contribution in [0.1, 0.15) is 4.88 Å². The molecule has 1 amide bonds. The lowest BCUT2D eigenvalue weighted by Crippen LogP contribution is -2.32. The third-order valence-electron chi connectivity index (χ3n) is 3.15. The lowest BCUT2D eigenvalue weighted by atomic mass is 10.3. The Kier molecular flexibility index (Phi) is 4.62.